The number of benzene rings is 2. The summed E-state index contributed by atoms with van der Waals surface area (Å²) in [5.74, 6) is -5.94. The van der Waals surface area contributed by atoms with Crippen molar-refractivity contribution in [1.82, 2.24) is 65.5 Å². The third-order valence-corrected chi connectivity index (χ3v) is 22.5. The van der Waals surface area contributed by atoms with Crippen LogP contribution in [0.3, 0.4) is 0 Å². The summed E-state index contributed by atoms with van der Waals surface area (Å²) < 4.78 is 12.3. The molecule has 0 unspecified atom stereocenters. The average molecular weight is 1420 g/mol. The van der Waals surface area contributed by atoms with Crippen LogP contribution in [0.2, 0.25) is 0 Å². The number of likely N-dealkylation sites (N-methyl/N-ethyl adjacent to an activating group) is 1. The standard InChI is InChI=1S/C66H67N15O10S6/c1-33-12-14-37(15-13-33)24-43-65(88)81-27-50(90-36(4)82)34(2)54(81)64-77-48(32-96-64)62-73-44(28-94-62)53-39(16-17-41(70-53)61-74-45(29-95-61)56(68)85)59-75-46(30-92-59)57(86)71-42(26-51(67)84)63-78-52(35(3)97-63)49(83)25-40(60-76-47(31-93-60)58(87)72-43)55(38-10-7-6-8-11-38)91-66(89)69-18-9-19-80-22-20-79(5)21-23-80/h6-8,10-17,28-32,34,40,42-43,50,54-55H,9,18-27H2,1-5H3,(H2,67,84)(H2,68,85)(H,69,89)(H,71,86)(H,72,87)/t34-,40-,42-,43-,50-,54-,55+/m0/s1. The summed E-state index contributed by atoms with van der Waals surface area (Å²) in [5, 5.41) is 19.3. The Bertz CT molecular complexity index is 4420. The molecular formula is C66H67N15O10S6. The number of ether oxygens (including phenoxy) is 2. The van der Waals surface area contributed by atoms with Crippen LogP contribution in [0.5, 0.6) is 0 Å². The van der Waals surface area contributed by atoms with E-state index in [0.717, 1.165) is 77.9 Å². The van der Waals surface area contributed by atoms with Gasteiger partial charge in [-0.15, -0.1) is 68.0 Å². The van der Waals surface area contributed by atoms with Gasteiger partial charge in [-0.25, -0.2) is 39.7 Å². The van der Waals surface area contributed by atoms with Crippen LogP contribution in [0.4, 0.5) is 4.79 Å². The van der Waals surface area contributed by atoms with E-state index in [2.05, 4.69) is 37.8 Å². The molecule has 7 atom stereocenters. The minimum Gasteiger partial charge on any atom is -0.460 e. The molecule has 0 radical (unpaired) electrons. The number of carbonyl (C=O) groups excluding carboxylic acids is 8. The van der Waals surface area contributed by atoms with Crippen LogP contribution in [0.15, 0.2) is 93.6 Å². The molecule has 2 fully saturated rings. The van der Waals surface area contributed by atoms with E-state index >= 15 is 14.4 Å². The van der Waals surface area contributed by atoms with Crippen LogP contribution in [0, 0.1) is 19.8 Å². The van der Waals surface area contributed by atoms with Gasteiger partial charge in [-0.3, -0.25) is 33.6 Å². The predicted molar refractivity (Wildman–Crippen MR) is 369 cm³/mol. The van der Waals surface area contributed by atoms with E-state index in [9.17, 15) is 24.0 Å². The Balaban J connectivity index is 0.954. The van der Waals surface area contributed by atoms with E-state index in [4.69, 9.17) is 50.8 Å². The first-order valence-corrected chi connectivity index (χ1v) is 36.4. The van der Waals surface area contributed by atoms with Crippen LogP contribution in [-0.4, -0.2) is 162 Å². The van der Waals surface area contributed by atoms with Crippen molar-refractivity contribution in [3.63, 3.8) is 0 Å². The number of fused-ring (bicyclic) bond motifs is 16. The first kappa shape index (κ1) is 68.0. The molecule has 0 aliphatic carbocycles. The largest absolute Gasteiger partial charge is 0.460 e. The minimum absolute atomic E-state index is 0.0115. The topological polar surface area (TPSA) is 343 Å². The number of alkyl carbamates (subject to hydrolysis) is 1. The molecule has 2 saturated heterocycles. The predicted octanol–water partition coefficient (Wildman–Crippen LogP) is 8.82. The lowest BCUT2D eigenvalue weighted by Crippen LogP contribution is -2.50. The molecule has 0 spiro atoms. The quantitative estimate of drug-likeness (QED) is 0.0501. The SMILES string of the molecule is CC(=O)O[C@H]1CN2C(=O)[C@H](Cc3ccc(C)cc3)NC(=O)c3csc(n3)[C@H]([C@H](OC(=O)NCCCN3CCN(C)CC3)c3ccccc3)CC(=O)c3nc(sc3C)[C@H](CC(N)=O)NC(=O)c3csc(n3)-c3ccc(-c4nc(C(N)=O)cs4)nc3-c3csc(n3)-c3csc(n3)[C@@H]2[C@H]1C. The molecule has 7 N–H and O–H groups in total. The number of nitrogens with two attached hydrogens (primary N) is 2. The number of aromatic nitrogens is 7. The number of primary amides is 2. The number of thiazole rings is 6. The summed E-state index contributed by atoms with van der Waals surface area (Å²) >= 11 is 7.05. The van der Waals surface area contributed by atoms with Crippen LogP contribution < -0.4 is 27.4 Å². The minimum atomic E-state index is -1.22. The first-order valence-electron chi connectivity index (χ1n) is 31.1. The molecular weight excluding hydrogens is 1360 g/mol. The summed E-state index contributed by atoms with van der Waals surface area (Å²) in [7, 11) is 2.09. The summed E-state index contributed by atoms with van der Waals surface area (Å²) in [4.78, 5) is 153. The maximum atomic E-state index is 15.7. The van der Waals surface area contributed by atoms with E-state index in [1.165, 1.54) is 51.7 Å². The zero-order valence-corrected chi connectivity index (χ0v) is 58.1. The van der Waals surface area contributed by atoms with Gasteiger partial charge in [0.1, 0.15) is 88.2 Å². The average Bonchev–Trinajstić information content (AvgIpc) is 1.67. The summed E-state index contributed by atoms with van der Waals surface area (Å²) in [6, 6.07) is 16.9. The van der Waals surface area contributed by atoms with Crippen molar-refractivity contribution >= 4 is 115 Å². The van der Waals surface area contributed by atoms with Crippen LogP contribution in [0.1, 0.15) is 136 Å². The number of hydrogen-bond donors (Lipinski definition) is 5. The second-order valence-corrected chi connectivity index (χ2v) is 29.5. The number of Topliss-reactive ketones (excluding diaryl/α,β-unsaturated/α-hetero) is 1. The van der Waals surface area contributed by atoms with Crippen molar-refractivity contribution < 1.29 is 47.8 Å². The summed E-state index contributed by atoms with van der Waals surface area (Å²) in [6.45, 7) is 11.6. The third-order valence-electron chi connectivity index (χ3n) is 16.9. The number of aryl methyl sites for hydroxylation is 2. The maximum absolute atomic E-state index is 15.7. The number of piperazine rings is 1. The van der Waals surface area contributed by atoms with Gasteiger partial charge in [-0.1, -0.05) is 67.1 Å². The monoisotopic (exact) mass is 1420 g/mol. The van der Waals surface area contributed by atoms with Crippen LogP contribution >= 0.6 is 68.0 Å². The van der Waals surface area contributed by atoms with Crippen molar-refractivity contribution in [1.29, 1.82) is 0 Å². The number of pyridine rings is 1. The van der Waals surface area contributed by atoms with Crippen molar-refractivity contribution in [2.75, 3.05) is 52.9 Å². The van der Waals surface area contributed by atoms with E-state index in [1.54, 1.807) is 65.0 Å². The number of nitrogens with zero attached hydrogens (tertiary/aromatic N) is 10. The molecule has 12 rings (SSSR count). The molecule has 10 bridgehead atoms. The Kier molecular flexibility index (Phi) is 20.9. The molecule has 25 nitrogen and oxygen atoms in total. The number of amides is 6. The number of ketones is 1. The van der Waals surface area contributed by atoms with Crippen molar-refractivity contribution in [3.05, 3.63) is 153 Å². The zero-order chi connectivity index (χ0) is 68.2. The lowest BCUT2D eigenvalue weighted by molar-refractivity contribution is -0.148. The van der Waals surface area contributed by atoms with Gasteiger partial charge in [-0.05, 0) is 57.1 Å². The molecule has 31 heteroatoms. The molecule has 3 aliphatic rings. The highest BCUT2D eigenvalue weighted by Crippen LogP contribution is 2.45. The Morgan fingerprint density at radius 2 is 1.35 bits per heavy atom. The number of nitrogens with one attached hydrogen (secondary N) is 3. The molecule has 6 amide bonds. The Labute approximate surface area is 581 Å². The maximum Gasteiger partial charge on any atom is 0.407 e. The molecule has 502 valence electrons. The number of carbonyl (C=O) groups is 8. The lowest BCUT2D eigenvalue weighted by Gasteiger charge is -2.32. The molecule has 0 saturated carbocycles. The van der Waals surface area contributed by atoms with Gasteiger partial charge in [0.15, 0.2) is 5.78 Å². The number of rotatable bonds is 14. The molecule has 9 aromatic rings. The molecule has 3 aliphatic heterocycles. The molecule has 2 aromatic carbocycles. The van der Waals surface area contributed by atoms with E-state index < -0.39 is 96.0 Å². The highest BCUT2D eigenvalue weighted by molar-refractivity contribution is 7.15. The summed E-state index contributed by atoms with van der Waals surface area (Å²) in [6.07, 6.45) is -2.75. The Hall–Kier alpha value is -8.95. The van der Waals surface area contributed by atoms with Gasteiger partial charge < -0.3 is 51.6 Å². The van der Waals surface area contributed by atoms with Crippen molar-refractivity contribution in [2.24, 2.45) is 17.4 Å². The van der Waals surface area contributed by atoms with Crippen LogP contribution in [0.25, 0.3) is 43.4 Å². The zero-order valence-electron chi connectivity index (χ0n) is 53.2. The fraction of sp³-hybridized carbons (Fsp3) is 0.348. The van der Waals surface area contributed by atoms with Gasteiger partial charge >= 0.3 is 12.1 Å². The second kappa shape index (κ2) is 29.8. The fourth-order valence-electron chi connectivity index (χ4n) is 11.9. The highest BCUT2D eigenvalue weighted by atomic mass is 32.1. The molecule has 10 heterocycles. The van der Waals surface area contributed by atoms with E-state index in [0.29, 0.717) is 71.8 Å². The Morgan fingerprint density at radius 1 is 0.691 bits per heavy atom. The first-order chi connectivity index (χ1) is 46.7. The lowest BCUT2D eigenvalue weighted by atomic mass is 9.90. The van der Waals surface area contributed by atoms with Crippen LogP contribution in [-0.2, 0) is 30.3 Å². The highest BCUT2D eigenvalue weighted by Gasteiger charge is 2.48. The van der Waals surface area contributed by atoms with Gasteiger partial charge in [0.2, 0.25) is 11.8 Å². The molecule has 97 heavy (non-hydrogen) atoms. The normalized spacial score (nSPS) is 19.9. The van der Waals surface area contributed by atoms with Gasteiger partial charge in [0, 0.05) is 95.7 Å². The third kappa shape index (κ3) is 15.7. The second-order valence-electron chi connectivity index (χ2n) is 23.9. The molecule has 7 aromatic heterocycles. The summed E-state index contributed by atoms with van der Waals surface area (Å²) in [5.41, 5.74) is 15.8. The number of esters is 1. The van der Waals surface area contributed by atoms with E-state index in [-0.39, 0.29) is 52.2 Å². The van der Waals surface area contributed by atoms with Crippen molar-refractivity contribution in [2.45, 2.75) is 89.6 Å². The smallest absolute Gasteiger partial charge is 0.407 e. The van der Waals surface area contributed by atoms with Gasteiger partial charge in [0.25, 0.3) is 17.7 Å². The fourth-order valence-corrected chi connectivity index (χ4v) is 17.2. The van der Waals surface area contributed by atoms with E-state index in [1.807, 2.05) is 43.5 Å². The van der Waals surface area contributed by atoms with Gasteiger partial charge in [0.05, 0.1) is 36.7 Å². The van der Waals surface area contributed by atoms with Gasteiger partial charge in [-0.2, -0.15) is 0 Å². The van der Waals surface area contributed by atoms with Crippen molar-refractivity contribution in [3.8, 4) is 43.4 Å². The number of hydrogen-bond acceptors (Lipinski definition) is 25. The Morgan fingerprint density at radius 3 is 2.08 bits per heavy atom.